The van der Waals surface area contributed by atoms with Gasteiger partial charge in [0.2, 0.25) is 0 Å². The van der Waals surface area contributed by atoms with Gasteiger partial charge in [0.1, 0.15) is 5.54 Å². The number of rotatable bonds is 2. The molecule has 5 heteroatoms. The Hall–Kier alpha value is -1.65. The summed E-state index contributed by atoms with van der Waals surface area (Å²) < 4.78 is 0. The van der Waals surface area contributed by atoms with Crippen LogP contribution in [-0.2, 0) is 5.54 Å². The van der Waals surface area contributed by atoms with Crippen LogP contribution in [-0.4, -0.2) is 33.9 Å². The van der Waals surface area contributed by atoms with Gasteiger partial charge in [-0.1, -0.05) is 0 Å². The minimum absolute atomic E-state index is 0.243. The van der Waals surface area contributed by atoms with Crippen LogP contribution in [0, 0.1) is 0 Å². The minimum atomic E-state index is -0.243. The largest absolute Gasteiger partial charge is 0.370 e. The number of aliphatic imine (C=N–C) groups is 1. The molecule has 0 saturated heterocycles. The van der Waals surface area contributed by atoms with Crippen molar-refractivity contribution < 1.29 is 0 Å². The van der Waals surface area contributed by atoms with Crippen molar-refractivity contribution in [3.8, 4) is 0 Å². The number of nitrogens with two attached hydrogens (primary N) is 1. The maximum Gasteiger partial charge on any atom is 0.192 e. The van der Waals surface area contributed by atoms with Gasteiger partial charge in [0.05, 0.1) is 18.4 Å². The molecule has 0 aromatic carbocycles. The number of aromatic nitrogens is 2. The highest BCUT2D eigenvalue weighted by Crippen LogP contribution is 2.30. The molecule has 1 aliphatic rings. The molecule has 2 rings (SSSR count). The Morgan fingerprint density at radius 3 is 2.93 bits per heavy atom. The first kappa shape index (κ1) is 9.89. The van der Waals surface area contributed by atoms with Crippen molar-refractivity contribution in [3.63, 3.8) is 0 Å². The summed E-state index contributed by atoms with van der Waals surface area (Å²) in [4.78, 5) is 14.7. The molecule has 1 atom stereocenters. The molecule has 1 unspecified atom stereocenters. The third kappa shape index (κ3) is 1.44. The highest BCUT2D eigenvalue weighted by atomic mass is 15.4. The van der Waals surface area contributed by atoms with Gasteiger partial charge in [-0.3, -0.25) is 15.0 Å². The van der Waals surface area contributed by atoms with Gasteiger partial charge < -0.3 is 10.6 Å². The Bertz CT molecular complexity index is 375. The van der Waals surface area contributed by atoms with Crippen molar-refractivity contribution in [1.82, 2.24) is 14.9 Å². The third-order valence-corrected chi connectivity index (χ3v) is 2.85. The Morgan fingerprint density at radius 2 is 2.33 bits per heavy atom. The van der Waals surface area contributed by atoms with Crippen molar-refractivity contribution in [3.05, 3.63) is 24.3 Å². The standard InChI is InChI=1S/C10H15N5/c1-3-15-9(11)14-7-10(15,2)8-6-12-4-5-13-8/h4-6H,3,7H2,1-2H3,(H2,11,14). The molecule has 2 heterocycles. The van der Waals surface area contributed by atoms with E-state index in [1.54, 1.807) is 18.6 Å². The van der Waals surface area contributed by atoms with E-state index in [0.29, 0.717) is 12.5 Å². The van der Waals surface area contributed by atoms with Gasteiger partial charge in [0.25, 0.3) is 0 Å². The molecule has 15 heavy (non-hydrogen) atoms. The highest BCUT2D eigenvalue weighted by molar-refractivity contribution is 5.81. The molecule has 0 amide bonds. The molecule has 5 nitrogen and oxygen atoms in total. The smallest absolute Gasteiger partial charge is 0.192 e. The average molecular weight is 205 g/mol. The Balaban J connectivity index is 2.37. The summed E-state index contributed by atoms with van der Waals surface area (Å²) in [5.74, 6) is 0.589. The van der Waals surface area contributed by atoms with E-state index in [9.17, 15) is 0 Å². The van der Waals surface area contributed by atoms with Gasteiger partial charge in [-0.05, 0) is 13.8 Å². The summed E-state index contributed by atoms with van der Waals surface area (Å²) in [7, 11) is 0. The molecule has 0 bridgehead atoms. The van der Waals surface area contributed by atoms with Gasteiger partial charge >= 0.3 is 0 Å². The van der Waals surface area contributed by atoms with Gasteiger partial charge in [0, 0.05) is 18.9 Å². The number of hydrogen-bond acceptors (Lipinski definition) is 5. The predicted octanol–water partition coefficient (Wildman–Crippen LogP) is 0.342. The van der Waals surface area contributed by atoms with Crippen molar-refractivity contribution in [2.24, 2.45) is 10.7 Å². The van der Waals surface area contributed by atoms with Gasteiger partial charge in [-0.25, -0.2) is 0 Å². The molecule has 1 aliphatic heterocycles. The normalized spacial score (nSPS) is 25.5. The maximum absolute atomic E-state index is 5.83. The van der Waals surface area contributed by atoms with Crippen molar-refractivity contribution in [2.45, 2.75) is 19.4 Å². The van der Waals surface area contributed by atoms with Crippen LogP contribution in [0.5, 0.6) is 0 Å². The first-order chi connectivity index (χ1) is 7.18. The lowest BCUT2D eigenvalue weighted by Crippen LogP contribution is -2.47. The highest BCUT2D eigenvalue weighted by Gasteiger charge is 2.39. The average Bonchev–Trinajstić information content (AvgIpc) is 2.57. The molecule has 2 N–H and O–H groups in total. The van der Waals surface area contributed by atoms with E-state index >= 15 is 0 Å². The lowest BCUT2D eigenvalue weighted by Gasteiger charge is -2.34. The lowest BCUT2D eigenvalue weighted by atomic mass is 9.97. The minimum Gasteiger partial charge on any atom is -0.370 e. The topological polar surface area (TPSA) is 67.4 Å². The van der Waals surface area contributed by atoms with Crippen LogP contribution in [0.15, 0.2) is 23.6 Å². The van der Waals surface area contributed by atoms with Crippen LogP contribution in [0.1, 0.15) is 19.5 Å². The molecular weight excluding hydrogens is 190 g/mol. The second-order valence-electron chi connectivity index (χ2n) is 3.78. The van der Waals surface area contributed by atoms with Gasteiger partial charge in [-0.2, -0.15) is 0 Å². The summed E-state index contributed by atoms with van der Waals surface area (Å²) in [6.45, 7) is 5.61. The van der Waals surface area contributed by atoms with E-state index < -0.39 is 0 Å². The monoisotopic (exact) mass is 205 g/mol. The first-order valence-corrected chi connectivity index (χ1v) is 5.02. The molecule has 0 spiro atoms. The molecule has 1 aromatic heterocycles. The summed E-state index contributed by atoms with van der Waals surface area (Å²) >= 11 is 0. The second kappa shape index (κ2) is 3.49. The summed E-state index contributed by atoms with van der Waals surface area (Å²) in [6.07, 6.45) is 5.14. The van der Waals surface area contributed by atoms with Gasteiger partial charge in [-0.15, -0.1) is 0 Å². The van der Waals surface area contributed by atoms with Crippen LogP contribution >= 0.6 is 0 Å². The van der Waals surface area contributed by atoms with Gasteiger partial charge in [0.15, 0.2) is 5.96 Å². The van der Waals surface area contributed by atoms with E-state index in [2.05, 4.69) is 33.7 Å². The SMILES string of the molecule is CCN1C(N)=NCC1(C)c1cnccn1. The fraction of sp³-hybridized carbons (Fsp3) is 0.500. The van der Waals surface area contributed by atoms with E-state index in [0.717, 1.165) is 12.2 Å². The molecule has 0 fully saturated rings. The number of guanidine groups is 1. The van der Waals surface area contributed by atoms with E-state index in [1.807, 2.05) is 0 Å². The quantitative estimate of drug-likeness (QED) is 0.756. The lowest BCUT2D eigenvalue weighted by molar-refractivity contribution is 0.227. The second-order valence-corrected chi connectivity index (χ2v) is 3.78. The van der Waals surface area contributed by atoms with Crippen molar-refractivity contribution in [2.75, 3.05) is 13.1 Å². The third-order valence-electron chi connectivity index (χ3n) is 2.85. The Morgan fingerprint density at radius 1 is 1.53 bits per heavy atom. The zero-order chi connectivity index (χ0) is 10.9. The zero-order valence-corrected chi connectivity index (χ0v) is 9.01. The molecule has 0 saturated carbocycles. The molecule has 80 valence electrons. The van der Waals surface area contributed by atoms with Crippen molar-refractivity contribution in [1.29, 1.82) is 0 Å². The molecular formula is C10H15N5. The van der Waals surface area contributed by atoms with Crippen LogP contribution in [0.4, 0.5) is 0 Å². The number of hydrogen-bond donors (Lipinski definition) is 1. The van der Waals surface area contributed by atoms with E-state index in [4.69, 9.17) is 5.73 Å². The van der Waals surface area contributed by atoms with Crippen LogP contribution in [0.25, 0.3) is 0 Å². The van der Waals surface area contributed by atoms with E-state index in [1.165, 1.54) is 0 Å². The molecule has 0 aliphatic carbocycles. The fourth-order valence-electron chi connectivity index (χ4n) is 1.97. The fourth-order valence-corrected chi connectivity index (χ4v) is 1.97. The summed E-state index contributed by atoms with van der Waals surface area (Å²) in [6, 6.07) is 0. The summed E-state index contributed by atoms with van der Waals surface area (Å²) in [5, 5.41) is 0. The molecule has 0 radical (unpaired) electrons. The zero-order valence-electron chi connectivity index (χ0n) is 9.01. The predicted molar refractivity (Wildman–Crippen MR) is 58.3 cm³/mol. The Labute approximate surface area is 89.0 Å². The van der Waals surface area contributed by atoms with E-state index in [-0.39, 0.29) is 5.54 Å². The van der Waals surface area contributed by atoms with Crippen LogP contribution in [0.3, 0.4) is 0 Å². The van der Waals surface area contributed by atoms with Crippen LogP contribution < -0.4 is 5.73 Å². The number of likely N-dealkylation sites (N-methyl/N-ethyl adjacent to an activating group) is 1. The first-order valence-electron chi connectivity index (χ1n) is 5.02. The Kier molecular flexibility index (Phi) is 2.30. The maximum atomic E-state index is 5.83. The number of nitrogens with zero attached hydrogens (tertiary/aromatic N) is 4. The van der Waals surface area contributed by atoms with Crippen LogP contribution in [0.2, 0.25) is 0 Å². The van der Waals surface area contributed by atoms with Crippen molar-refractivity contribution >= 4 is 5.96 Å². The summed E-state index contributed by atoms with van der Waals surface area (Å²) in [5.41, 5.74) is 6.50. The molecule has 1 aromatic rings.